The second-order valence-electron chi connectivity index (χ2n) is 5.86. The van der Waals surface area contributed by atoms with Crippen molar-refractivity contribution in [2.45, 2.75) is 35.9 Å². The first-order valence-corrected chi connectivity index (χ1v) is 8.42. The fraction of sp³-hybridized carbons (Fsp3) is 0.615. The zero-order valence-corrected chi connectivity index (χ0v) is 14.0. The SMILES string of the molecule is O=c1c2ncn([C@H]3C[C@H](O)[C@@H](CO)O3)c2nc2n1[C@H](O)[C@@H](Br)CN2. The number of halogens is 1. The van der Waals surface area contributed by atoms with Gasteiger partial charge in [-0.1, -0.05) is 15.9 Å². The maximum absolute atomic E-state index is 12.6. The third kappa shape index (κ3) is 2.27. The van der Waals surface area contributed by atoms with E-state index >= 15 is 0 Å². The molecule has 2 aromatic heterocycles. The maximum Gasteiger partial charge on any atom is 0.285 e. The van der Waals surface area contributed by atoms with Gasteiger partial charge in [-0.15, -0.1) is 0 Å². The zero-order valence-electron chi connectivity index (χ0n) is 12.4. The number of fused-ring (bicyclic) bond motifs is 2. The molecule has 4 rings (SSSR count). The molecule has 0 amide bonds. The summed E-state index contributed by atoms with van der Waals surface area (Å²) in [6, 6.07) is 0. The Labute approximate surface area is 143 Å². The number of anilines is 1. The normalized spacial score (nSPS) is 32.8. The molecule has 0 saturated carbocycles. The van der Waals surface area contributed by atoms with Crippen molar-refractivity contribution in [2.24, 2.45) is 0 Å². The van der Waals surface area contributed by atoms with Gasteiger partial charge in [-0.25, -0.2) is 9.55 Å². The highest BCUT2D eigenvalue weighted by atomic mass is 79.9. The molecule has 1 fully saturated rings. The van der Waals surface area contributed by atoms with Gasteiger partial charge >= 0.3 is 0 Å². The molecule has 24 heavy (non-hydrogen) atoms. The zero-order chi connectivity index (χ0) is 17.0. The van der Waals surface area contributed by atoms with Crippen LogP contribution in [0.15, 0.2) is 11.1 Å². The average molecular weight is 402 g/mol. The lowest BCUT2D eigenvalue weighted by Gasteiger charge is -2.28. The minimum absolute atomic E-state index is 0.103. The molecule has 4 N–H and O–H groups in total. The van der Waals surface area contributed by atoms with E-state index in [1.54, 1.807) is 4.57 Å². The molecule has 11 heteroatoms. The summed E-state index contributed by atoms with van der Waals surface area (Å²) in [6.45, 7) is 0.120. The highest BCUT2D eigenvalue weighted by Crippen LogP contribution is 2.31. The van der Waals surface area contributed by atoms with E-state index in [0.717, 1.165) is 4.57 Å². The number of rotatable bonds is 2. The Morgan fingerprint density at radius 3 is 2.96 bits per heavy atom. The van der Waals surface area contributed by atoms with Gasteiger partial charge in [0.15, 0.2) is 17.4 Å². The first kappa shape index (κ1) is 16.0. The lowest BCUT2D eigenvalue weighted by Crippen LogP contribution is -2.40. The summed E-state index contributed by atoms with van der Waals surface area (Å²) < 4.78 is 8.31. The highest BCUT2D eigenvalue weighted by molar-refractivity contribution is 9.09. The summed E-state index contributed by atoms with van der Waals surface area (Å²) in [6.07, 6.45) is -1.42. The van der Waals surface area contributed by atoms with Gasteiger partial charge in [0.25, 0.3) is 5.56 Å². The second-order valence-corrected chi connectivity index (χ2v) is 7.04. The van der Waals surface area contributed by atoms with Crippen molar-refractivity contribution in [3.63, 3.8) is 0 Å². The number of hydrogen-bond acceptors (Lipinski definition) is 8. The van der Waals surface area contributed by atoms with Gasteiger partial charge in [0, 0.05) is 13.0 Å². The standard InChI is InChI=1S/C13H16BrN5O5/c14-5-2-15-13-17-10-9(12(23)19(13)11(5)22)16-4-18(10)8-1-6(21)7(3-20)24-8/h4-8,11,20-22H,1-3H2,(H,15,17)/t5-,6-,7+,8+,11+/m0/s1. The van der Waals surface area contributed by atoms with Crippen molar-refractivity contribution < 1.29 is 20.1 Å². The molecule has 0 spiro atoms. The van der Waals surface area contributed by atoms with Crippen molar-refractivity contribution in [1.82, 2.24) is 19.1 Å². The molecule has 5 atom stereocenters. The van der Waals surface area contributed by atoms with Gasteiger partial charge in [0.2, 0.25) is 5.95 Å². The molecule has 2 aliphatic rings. The summed E-state index contributed by atoms with van der Waals surface area (Å²) in [5.41, 5.74) is -0.0587. The van der Waals surface area contributed by atoms with E-state index in [2.05, 4.69) is 31.2 Å². The predicted octanol–water partition coefficient (Wildman–Crippen LogP) is -1.09. The smallest absolute Gasteiger partial charge is 0.285 e. The van der Waals surface area contributed by atoms with E-state index in [0.29, 0.717) is 12.2 Å². The van der Waals surface area contributed by atoms with Crippen LogP contribution in [-0.4, -0.2) is 64.6 Å². The Morgan fingerprint density at radius 2 is 2.25 bits per heavy atom. The number of hydrogen-bond donors (Lipinski definition) is 4. The number of nitrogens with zero attached hydrogens (tertiary/aromatic N) is 4. The van der Waals surface area contributed by atoms with Crippen LogP contribution in [0.5, 0.6) is 0 Å². The van der Waals surface area contributed by atoms with Crippen molar-refractivity contribution in [3.8, 4) is 0 Å². The minimum atomic E-state index is -1.04. The predicted molar refractivity (Wildman–Crippen MR) is 85.9 cm³/mol. The lowest BCUT2D eigenvalue weighted by atomic mass is 10.2. The number of nitrogens with one attached hydrogen (secondary N) is 1. The molecule has 4 heterocycles. The summed E-state index contributed by atoms with van der Waals surface area (Å²) in [4.78, 5) is 20.8. The first-order valence-electron chi connectivity index (χ1n) is 7.50. The Hall–Kier alpha value is -1.53. The van der Waals surface area contributed by atoms with Crippen LogP contribution in [0, 0.1) is 0 Å². The molecule has 0 aliphatic carbocycles. The molecule has 0 aromatic carbocycles. The van der Waals surface area contributed by atoms with Crippen LogP contribution < -0.4 is 10.9 Å². The van der Waals surface area contributed by atoms with E-state index in [1.807, 2.05) is 0 Å². The van der Waals surface area contributed by atoms with Gasteiger partial charge in [0.1, 0.15) is 12.3 Å². The number of ether oxygens (including phenoxy) is 1. The number of alkyl halides is 1. The maximum atomic E-state index is 12.6. The molecule has 2 aromatic rings. The largest absolute Gasteiger partial charge is 0.394 e. The lowest BCUT2D eigenvalue weighted by molar-refractivity contribution is -0.0432. The first-order chi connectivity index (χ1) is 11.5. The van der Waals surface area contributed by atoms with E-state index in [4.69, 9.17) is 4.74 Å². The van der Waals surface area contributed by atoms with E-state index in [9.17, 15) is 20.1 Å². The van der Waals surface area contributed by atoms with Gasteiger partial charge < -0.3 is 25.4 Å². The molecular weight excluding hydrogens is 386 g/mol. The van der Waals surface area contributed by atoms with E-state index < -0.39 is 30.2 Å². The molecule has 1 saturated heterocycles. The third-order valence-electron chi connectivity index (χ3n) is 4.37. The second kappa shape index (κ2) is 5.77. The van der Waals surface area contributed by atoms with E-state index in [1.165, 1.54) is 6.33 Å². The van der Waals surface area contributed by atoms with Crippen LogP contribution in [0.1, 0.15) is 18.9 Å². The number of imidazole rings is 1. The topological polar surface area (TPSA) is 135 Å². The van der Waals surface area contributed by atoms with Crippen molar-refractivity contribution >= 4 is 33.0 Å². The molecule has 2 aliphatic heterocycles. The fourth-order valence-electron chi connectivity index (χ4n) is 3.07. The summed E-state index contributed by atoms with van der Waals surface area (Å²) in [5, 5.41) is 32.3. The molecular formula is C13H16BrN5O5. The van der Waals surface area contributed by atoms with Crippen molar-refractivity contribution in [2.75, 3.05) is 18.5 Å². The summed E-state index contributed by atoms with van der Waals surface area (Å²) in [7, 11) is 0. The number of aliphatic hydroxyl groups excluding tert-OH is 3. The summed E-state index contributed by atoms with van der Waals surface area (Å²) in [5.74, 6) is 0.245. The number of aromatic nitrogens is 4. The molecule has 0 radical (unpaired) electrons. The minimum Gasteiger partial charge on any atom is -0.394 e. The Morgan fingerprint density at radius 1 is 1.46 bits per heavy atom. The summed E-state index contributed by atoms with van der Waals surface area (Å²) >= 11 is 3.30. The van der Waals surface area contributed by atoms with Crippen LogP contribution in [0.2, 0.25) is 0 Å². The average Bonchev–Trinajstić information content (AvgIpc) is 3.14. The van der Waals surface area contributed by atoms with Crippen molar-refractivity contribution in [1.29, 1.82) is 0 Å². The molecule has 130 valence electrons. The van der Waals surface area contributed by atoms with Crippen LogP contribution in [0.25, 0.3) is 11.2 Å². The van der Waals surface area contributed by atoms with Gasteiger partial charge in [0.05, 0.1) is 23.9 Å². The van der Waals surface area contributed by atoms with E-state index in [-0.39, 0.29) is 29.3 Å². The molecule has 0 unspecified atom stereocenters. The van der Waals surface area contributed by atoms with Gasteiger partial charge in [-0.3, -0.25) is 9.36 Å². The van der Waals surface area contributed by atoms with Crippen LogP contribution in [-0.2, 0) is 4.74 Å². The number of aliphatic hydroxyl groups is 3. The van der Waals surface area contributed by atoms with Crippen molar-refractivity contribution in [3.05, 3.63) is 16.7 Å². The van der Waals surface area contributed by atoms with Crippen LogP contribution in [0.3, 0.4) is 0 Å². The Kier molecular flexibility index (Phi) is 3.84. The molecule has 10 nitrogen and oxygen atoms in total. The van der Waals surface area contributed by atoms with Crippen LogP contribution >= 0.6 is 15.9 Å². The Balaban J connectivity index is 1.81. The molecule has 0 bridgehead atoms. The highest BCUT2D eigenvalue weighted by Gasteiger charge is 2.36. The monoisotopic (exact) mass is 401 g/mol. The third-order valence-corrected chi connectivity index (χ3v) is 5.16. The van der Waals surface area contributed by atoms with Gasteiger partial charge in [-0.2, -0.15) is 4.98 Å². The quantitative estimate of drug-likeness (QED) is 0.466. The Bertz CT molecular complexity index is 838. The van der Waals surface area contributed by atoms with Gasteiger partial charge in [-0.05, 0) is 0 Å². The van der Waals surface area contributed by atoms with Crippen LogP contribution in [0.4, 0.5) is 5.95 Å². The fourth-order valence-corrected chi connectivity index (χ4v) is 3.47.